The van der Waals surface area contributed by atoms with Gasteiger partial charge in [-0.1, -0.05) is 0 Å². The van der Waals surface area contributed by atoms with E-state index < -0.39 is 5.97 Å². The van der Waals surface area contributed by atoms with Crippen molar-refractivity contribution >= 4 is 33.9 Å². The summed E-state index contributed by atoms with van der Waals surface area (Å²) >= 11 is 1.20. The van der Waals surface area contributed by atoms with Crippen LogP contribution in [0.4, 0.5) is 5.69 Å². The van der Waals surface area contributed by atoms with Gasteiger partial charge in [0.05, 0.1) is 5.52 Å². The first kappa shape index (κ1) is 8.96. The maximum atomic E-state index is 10.9. The standard InChI is InChI=1S/C9H8N2O2S/c1-10-5-2-3-11-6-4-14-8(7(5)6)9(12)13/h2-4,10H,1H3,(H,12,13). The second-order valence-electron chi connectivity index (χ2n) is 2.74. The van der Waals surface area contributed by atoms with Gasteiger partial charge in [0, 0.05) is 29.7 Å². The molecular formula is C9H8N2O2S. The number of carboxylic acid groups (broad SMARTS) is 1. The molecule has 2 N–H and O–H groups in total. The molecule has 0 amide bonds. The number of hydrogen-bond acceptors (Lipinski definition) is 4. The van der Waals surface area contributed by atoms with Crippen molar-refractivity contribution in [3.05, 3.63) is 22.5 Å². The van der Waals surface area contributed by atoms with Crippen LogP contribution in [0, 0.1) is 0 Å². The lowest BCUT2D eigenvalue weighted by molar-refractivity contribution is 0.0704. The molecule has 0 aliphatic rings. The summed E-state index contributed by atoms with van der Waals surface area (Å²) < 4.78 is 0. The molecule has 2 heterocycles. The smallest absolute Gasteiger partial charge is 0.346 e. The summed E-state index contributed by atoms with van der Waals surface area (Å²) in [5.41, 5.74) is 1.52. The number of aromatic nitrogens is 1. The normalized spacial score (nSPS) is 10.4. The molecule has 2 aromatic heterocycles. The summed E-state index contributed by atoms with van der Waals surface area (Å²) in [5.74, 6) is -0.908. The number of nitrogens with zero attached hydrogens (tertiary/aromatic N) is 1. The van der Waals surface area contributed by atoms with Crippen molar-refractivity contribution in [2.24, 2.45) is 0 Å². The van der Waals surface area contributed by atoms with Crippen molar-refractivity contribution in [3.8, 4) is 0 Å². The van der Waals surface area contributed by atoms with Crippen molar-refractivity contribution < 1.29 is 9.90 Å². The van der Waals surface area contributed by atoms with Crippen LogP contribution in [0.15, 0.2) is 17.6 Å². The van der Waals surface area contributed by atoms with E-state index in [9.17, 15) is 4.79 Å². The van der Waals surface area contributed by atoms with Gasteiger partial charge in [0.25, 0.3) is 0 Å². The van der Waals surface area contributed by atoms with E-state index in [0.29, 0.717) is 10.3 Å². The summed E-state index contributed by atoms with van der Waals surface area (Å²) in [5, 5.41) is 14.3. The SMILES string of the molecule is CNc1ccnc2csc(C(=O)O)c12. The van der Waals surface area contributed by atoms with E-state index in [1.54, 1.807) is 24.7 Å². The summed E-state index contributed by atoms with van der Waals surface area (Å²) in [4.78, 5) is 15.3. The molecule has 2 aromatic rings. The highest BCUT2D eigenvalue weighted by Gasteiger charge is 2.14. The number of pyridine rings is 1. The molecule has 4 nitrogen and oxygen atoms in total. The fraction of sp³-hybridized carbons (Fsp3) is 0.111. The Hall–Kier alpha value is -1.62. The summed E-state index contributed by atoms with van der Waals surface area (Å²) in [7, 11) is 1.76. The van der Waals surface area contributed by atoms with E-state index in [-0.39, 0.29) is 0 Å². The first-order valence-electron chi connectivity index (χ1n) is 4.01. The molecule has 0 radical (unpaired) electrons. The Morgan fingerprint density at radius 1 is 1.64 bits per heavy atom. The number of aromatic carboxylic acids is 1. The van der Waals surface area contributed by atoms with Crippen molar-refractivity contribution in [2.45, 2.75) is 0 Å². The van der Waals surface area contributed by atoms with E-state index in [4.69, 9.17) is 5.11 Å². The van der Waals surface area contributed by atoms with Crippen LogP contribution >= 0.6 is 11.3 Å². The highest BCUT2D eigenvalue weighted by molar-refractivity contribution is 7.13. The summed E-state index contributed by atoms with van der Waals surface area (Å²) in [6.45, 7) is 0. The molecule has 0 spiro atoms. The third kappa shape index (κ3) is 1.22. The fourth-order valence-corrected chi connectivity index (χ4v) is 2.19. The Labute approximate surface area is 84.2 Å². The predicted octanol–water partition coefficient (Wildman–Crippen LogP) is 2.04. The quantitative estimate of drug-likeness (QED) is 0.792. The molecular weight excluding hydrogens is 200 g/mol. The van der Waals surface area contributed by atoms with Crippen LogP contribution < -0.4 is 5.32 Å². The molecule has 0 atom stereocenters. The van der Waals surface area contributed by atoms with Gasteiger partial charge in [0.15, 0.2) is 0 Å². The lowest BCUT2D eigenvalue weighted by Gasteiger charge is -2.01. The fourth-order valence-electron chi connectivity index (χ4n) is 1.35. The van der Waals surface area contributed by atoms with Crippen LogP contribution in [0.2, 0.25) is 0 Å². The number of nitrogens with one attached hydrogen (secondary N) is 1. The average molecular weight is 208 g/mol. The highest BCUT2D eigenvalue weighted by Crippen LogP contribution is 2.30. The largest absolute Gasteiger partial charge is 0.477 e. The van der Waals surface area contributed by atoms with Gasteiger partial charge < -0.3 is 10.4 Å². The number of carbonyl (C=O) groups is 1. The zero-order chi connectivity index (χ0) is 10.1. The zero-order valence-corrected chi connectivity index (χ0v) is 8.26. The second-order valence-corrected chi connectivity index (χ2v) is 3.62. The number of carboxylic acids is 1. The molecule has 0 aliphatic heterocycles. The van der Waals surface area contributed by atoms with E-state index in [1.807, 2.05) is 0 Å². The van der Waals surface area contributed by atoms with Gasteiger partial charge in [-0.3, -0.25) is 4.98 Å². The maximum absolute atomic E-state index is 10.9. The number of fused-ring (bicyclic) bond motifs is 1. The van der Waals surface area contributed by atoms with E-state index in [2.05, 4.69) is 10.3 Å². The molecule has 0 saturated carbocycles. The Bertz CT molecular complexity index is 493. The molecule has 0 saturated heterocycles. The van der Waals surface area contributed by atoms with Gasteiger partial charge in [0.1, 0.15) is 4.88 Å². The minimum Gasteiger partial charge on any atom is -0.477 e. The topological polar surface area (TPSA) is 62.2 Å². The van der Waals surface area contributed by atoms with Crippen molar-refractivity contribution in [1.29, 1.82) is 0 Å². The van der Waals surface area contributed by atoms with Gasteiger partial charge >= 0.3 is 5.97 Å². The molecule has 72 valence electrons. The van der Waals surface area contributed by atoms with Gasteiger partial charge in [0.2, 0.25) is 0 Å². The van der Waals surface area contributed by atoms with Crippen LogP contribution in [0.5, 0.6) is 0 Å². The Morgan fingerprint density at radius 3 is 3.07 bits per heavy atom. The lowest BCUT2D eigenvalue weighted by atomic mass is 10.2. The maximum Gasteiger partial charge on any atom is 0.346 e. The summed E-state index contributed by atoms with van der Waals surface area (Å²) in [6.07, 6.45) is 1.66. The second kappa shape index (κ2) is 3.26. The molecule has 0 unspecified atom stereocenters. The van der Waals surface area contributed by atoms with Crippen molar-refractivity contribution in [2.75, 3.05) is 12.4 Å². The van der Waals surface area contributed by atoms with Crippen LogP contribution in [0.1, 0.15) is 9.67 Å². The van der Waals surface area contributed by atoms with Gasteiger partial charge in [-0.2, -0.15) is 0 Å². The first-order valence-corrected chi connectivity index (χ1v) is 4.89. The average Bonchev–Trinajstić information content (AvgIpc) is 2.60. The third-order valence-electron chi connectivity index (χ3n) is 1.96. The molecule has 5 heteroatoms. The van der Waals surface area contributed by atoms with Gasteiger partial charge in [-0.15, -0.1) is 11.3 Å². The van der Waals surface area contributed by atoms with Gasteiger partial charge in [-0.05, 0) is 6.07 Å². The zero-order valence-electron chi connectivity index (χ0n) is 7.44. The molecule has 2 rings (SSSR count). The predicted molar refractivity (Wildman–Crippen MR) is 56.1 cm³/mol. The number of rotatable bonds is 2. The first-order chi connectivity index (χ1) is 6.74. The Balaban J connectivity index is 2.81. The molecule has 0 fully saturated rings. The minimum absolute atomic E-state index is 0.331. The van der Waals surface area contributed by atoms with E-state index >= 15 is 0 Å². The van der Waals surface area contributed by atoms with Crippen LogP contribution in [0.25, 0.3) is 10.9 Å². The lowest BCUT2D eigenvalue weighted by Crippen LogP contribution is -1.96. The third-order valence-corrected chi connectivity index (χ3v) is 2.91. The molecule has 0 bridgehead atoms. The Morgan fingerprint density at radius 2 is 2.43 bits per heavy atom. The monoisotopic (exact) mass is 208 g/mol. The molecule has 0 aromatic carbocycles. The minimum atomic E-state index is -0.908. The van der Waals surface area contributed by atoms with Crippen molar-refractivity contribution in [1.82, 2.24) is 4.98 Å². The van der Waals surface area contributed by atoms with Gasteiger partial charge in [-0.25, -0.2) is 4.79 Å². The molecule has 14 heavy (non-hydrogen) atoms. The Kier molecular flexibility index (Phi) is 2.09. The number of hydrogen-bond donors (Lipinski definition) is 2. The summed E-state index contributed by atoms with van der Waals surface area (Å²) in [6, 6.07) is 1.77. The number of anilines is 1. The van der Waals surface area contributed by atoms with E-state index in [0.717, 1.165) is 11.2 Å². The van der Waals surface area contributed by atoms with E-state index in [1.165, 1.54) is 11.3 Å². The van der Waals surface area contributed by atoms with Crippen molar-refractivity contribution in [3.63, 3.8) is 0 Å². The van der Waals surface area contributed by atoms with Crippen LogP contribution in [-0.4, -0.2) is 23.1 Å². The molecule has 0 aliphatic carbocycles. The number of thiophene rings is 1. The van der Waals surface area contributed by atoms with Crippen LogP contribution in [-0.2, 0) is 0 Å². The van der Waals surface area contributed by atoms with Crippen LogP contribution in [0.3, 0.4) is 0 Å². The highest BCUT2D eigenvalue weighted by atomic mass is 32.1.